The second-order valence-electron chi connectivity index (χ2n) is 6.87. The van der Waals surface area contributed by atoms with Crippen LogP contribution in [0.25, 0.3) is 0 Å². The third-order valence-corrected chi connectivity index (χ3v) is 4.75. The first-order chi connectivity index (χ1) is 13.8. The summed E-state index contributed by atoms with van der Waals surface area (Å²) in [6.45, 7) is 3.80. The van der Waals surface area contributed by atoms with E-state index in [0.717, 1.165) is 5.56 Å². The standard InChI is InChI=1S/C21H22N2O6/c1-12-6-7-15-17(9-12)20(26)23(19(15)25)8-4-5-18(24)22-11-14-10-16(13(2)29-14)21(27)28-3/h6-7,9-10H,4-5,8,11H2,1-3H3,(H,22,24). The Morgan fingerprint density at radius 1 is 1.10 bits per heavy atom. The van der Waals surface area contributed by atoms with Crippen molar-refractivity contribution in [3.05, 3.63) is 58.0 Å². The first-order valence-electron chi connectivity index (χ1n) is 9.23. The van der Waals surface area contributed by atoms with Crippen LogP contribution in [0.4, 0.5) is 0 Å². The summed E-state index contributed by atoms with van der Waals surface area (Å²) >= 11 is 0. The predicted octanol–water partition coefficient (Wildman–Crippen LogP) is 2.38. The van der Waals surface area contributed by atoms with Gasteiger partial charge in [0, 0.05) is 13.0 Å². The molecule has 0 fully saturated rings. The van der Waals surface area contributed by atoms with Crippen LogP contribution < -0.4 is 5.32 Å². The fraction of sp³-hybridized carbons (Fsp3) is 0.333. The fourth-order valence-corrected chi connectivity index (χ4v) is 3.22. The Bertz CT molecular complexity index is 991. The Kier molecular flexibility index (Phi) is 5.81. The molecule has 29 heavy (non-hydrogen) atoms. The minimum absolute atomic E-state index is 0.128. The van der Waals surface area contributed by atoms with Crippen molar-refractivity contribution in [3.63, 3.8) is 0 Å². The number of ether oxygens (including phenoxy) is 1. The number of benzene rings is 1. The monoisotopic (exact) mass is 398 g/mol. The van der Waals surface area contributed by atoms with Crippen LogP contribution in [0.1, 0.15) is 61.0 Å². The van der Waals surface area contributed by atoms with E-state index in [1.807, 2.05) is 6.92 Å². The van der Waals surface area contributed by atoms with E-state index < -0.39 is 5.97 Å². The smallest absolute Gasteiger partial charge is 0.341 e. The lowest BCUT2D eigenvalue weighted by molar-refractivity contribution is -0.121. The van der Waals surface area contributed by atoms with Crippen LogP contribution in [0.5, 0.6) is 0 Å². The van der Waals surface area contributed by atoms with Gasteiger partial charge in [-0.1, -0.05) is 11.6 Å². The van der Waals surface area contributed by atoms with Crippen LogP contribution in [0.3, 0.4) is 0 Å². The third-order valence-electron chi connectivity index (χ3n) is 4.75. The molecule has 1 aromatic carbocycles. The number of amides is 3. The van der Waals surface area contributed by atoms with Gasteiger partial charge in [0.25, 0.3) is 11.8 Å². The number of rotatable bonds is 7. The Hall–Kier alpha value is -3.42. The van der Waals surface area contributed by atoms with Gasteiger partial charge in [0.2, 0.25) is 5.91 Å². The summed E-state index contributed by atoms with van der Waals surface area (Å²) in [6.07, 6.45) is 0.497. The van der Waals surface area contributed by atoms with Gasteiger partial charge in [-0.05, 0) is 38.5 Å². The average molecular weight is 398 g/mol. The number of furan rings is 1. The van der Waals surface area contributed by atoms with Gasteiger partial charge < -0.3 is 14.5 Å². The van der Waals surface area contributed by atoms with Crippen LogP contribution in [0.2, 0.25) is 0 Å². The van der Waals surface area contributed by atoms with E-state index >= 15 is 0 Å². The van der Waals surface area contributed by atoms with Crippen LogP contribution in [-0.4, -0.2) is 42.2 Å². The fourth-order valence-electron chi connectivity index (χ4n) is 3.22. The Morgan fingerprint density at radius 2 is 1.83 bits per heavy atom. The first kappa shape index (κ1) is 20.3. The lowest BCUT2D eigenvalue weighted by Gasteiger charge is -2.13. The summed E-state index contributed by atoms with van der Waals surface area (Å²) in [5, 5.41) is 2.70. The number of hydrogen-bond acceptors (Lipinski definition) is 6. The van der Waals surface area contributed by atoms with Gasteiger partial charge in [0.15, 0.2) is 0 Å². The molecule has 1 aromatic heterocycles. The number of fused-ring (bicyclic) bond motifs is 1. The maximum absolute atomic E-state index is 12.4. The molecular formula is C21H22N2O6. The van der Waals surface area contributed by atoms with Gasteiger partial charge in [0.05, 0.1) is 24.8 Å². The molecule has 2 heterocycles. The third kappa shape index (κ3) is 4.21. The van der Waals surface area contributed by atoms with Crippen LogP contribution in [0.15, 0.2) is 28.7 Å². The number of nitrogens with zero attached hydrogens (tertiary/aromatic N) is 1. The number of carbonyl (C=O) groups excluding carboxylic acids is 4. The molecule has 3 rings (SSSR count). The maximum Gasteiger partial charge on any atom is 0.341 e. The van der Waals surface area contributed by atoms with Gasteiger partial charge in [-0.15, -0.1) is 0 Å². The molecule has 8 nitrogen and oxygen atoms in total. The molecule has 0 atom stereocenters. The van der Waals surface area contributed by atoms with E-state index in [0.29, 0.717) is 34.6 Å². The maximum atomic E-state index is 12.4. The van der Waals surface area contributed by atoms with E-state index in [1.54, 1.807) is 25.1 Å². The van der Waals surface area contributed by atoms with Crippen molar-refractivity contribution in [1.29, 1.82) is 0 Å². The highest BCUT2D eigenvalue weighted by Gasteiger charge is 2.34. The molecule has 0 radical (unpaired) electrons. The number of imide groups is 1. The molecule has 0 bridgehead atoms. The molecule has 0 aliphatic carbocycles. The van der Waals surface area contributed by atoms with Gasteiger partial charge >= 0.3 is 5.97 Å². The summed E-state index contributed by atoms with van der Waals surface area (Å²) in [4.78, 5) is 49.6. The van der Waals surface area contributed by atoms with E-state index in [-0.39, 0.29) is 37.2 Å². The van der Waals surface area contributed by atoms with E-state index in [1.165, 1.54) is 18.1 Å². The van der Waals surface area contributed by atoms with E-state index in [2.05, 4.69) is 10.1 Å². The number of hydrogen-bond donors (Lipinski definition) is 1. The van der Waals surface area contributed by atoms with Crippen molar-refractivity contribution in [2.45, 2.75) is 33.2 Å². The molecule has 0 saturated heterocycles. The van der Waals surface area contributed by atoms with Crippen molar-refractivity contribution >= 4 is 23.7 Å². The molecule has 1 aliphatic heterocycles. The number of aryl methyl sites for hydroxylation is 2. The molecule has 2 aromatic rings. The van der Waals surface area contributed by atoms with Crippen molar-refractivity contribution in [2.24, 2.45) is 0 Å². The Morgan fingerprint density at radius 3 is 2.55 bits per heavy atom. The molecule has 1 N–H and O–H groups in total. The molecule has 152 valence electrons. The Balaban J connectivity index is 1.48. The molecule has 8 heteroatoms. The minimum atomic E-state index is -0.500. The topological polar surface area (TPSA) is 106 Å². The average Bonchev–Trinajstić information content (AvgIpc) is 3.18. The van der Waals surface area contributed by atoms with Crippen LogP contribution in [-0.2, 0) is 16.1 Å². The largest absolute Gasteiger partial charge is 0.465 e. The molecular weight excluding hydrogens is 376 g/mol. The van der Waals surface area contributed by atoms with Gasteiger partial charge in [-0.2, -0.15) is 0 Å². The number of nitrogens with one attached hydrogen (secondary N) is 1. The van der Waals surface area contributed by atoms with E-state index in [9.17, 15) is 19.2 Å². The Labute approximate surface area is 167 Å². The van der Waals surface area contributed by atoms with Gasteiger partial charge in [0.1, 0.15) is 17.1 Å². The summed E-state index contributed by atoms with van der Waals surface area (Å²) in [5.74, 6) is -0.540. The van der Waals surface area contributed by atoms with Crippen molar-refractivity contribution in [2.75, 3.05) is 13.7 Å². The summed E-state index contributed by atoms with van der Waals surface area (Å²) in [5.41, 5.74) is 2.04. The van der Waals surface area contributed by atoms with Crippen molar-refractivity contribution in [1.82, 2.24) is 10.2 Å². The van der Waals surface area contributed by atoms with Gasteiger partial charge in [-0.3, -0.25) is 19.3 Å². The van der Waals surface area contributed by atoms with Gasteiger partial charge in [-0.25, -0.2) is 4.79 Å². The number of methoxy groups -OCH3 is 1. The van der Waals surface area contributed by atoms with Crippen LogP contribution in [0, 0.1) is 13.8 Å². The minimum Gasteiger partial charge on any atom is -0.465 e. The van der Waals surface area contributed by atoms with Crippen molar-refractivity contribution in [3.8, 4) is 0 Å². The lowest BCUT2D eigenvalue weighted by atomic mass is 10.1. The zero-order valence-corrected chi connectivity index (χ0v) is 16.5. The quantitative estimate of drug-likeness (QED) is 0.567. The summed E-state index contributed by atoms with van der Waals surface area (Å²) in [6, 6.07) is 6.69. The number of carbonyl (C=O) groups is 4. The zero-order chi connectivity index (χ0) is 21.1. The lowest BCUT2D eigenvalue weighted by Crippen LogP contribution is -2.32. The molecule has 0 unspecified atom stereocenters. The summed E-state index contributed by atoms with van der Waals surface area (Å²) in [7, 11) is 1.28. The van der Waals surface area contributed by atoms with E-state index in [4.69, 9.17) is 4.42 Å². The SMILES string of the molecule is COC(=O)c1cc(CNC(=O)CCCN2C(=O)c3ccc(C)cc3C2=O)oc1C. The molecule has 0 saturated carbocycles. The zero-order valence-electron chi connectivity index (χ0n) is 16.5. The highest BCUT2D eigenvalue weighted by Crippen LogP contribution is 2.24. The van der Waals surface area contributed by atoms with Crippen molar-refractivity contribution < 1.29 is 28.3 Å². The predicted molar refractivity (Wildman–Crippen MR) is 102 cm³/mol. The summed E-state index contributed by atoms with van der Waals surface area (Å²) < 4.78 is 10.1. The highest BCUT2D eigenvalue weighted by atomic mass is 16.5. The second kappa shape index (κ2) is 8.30. The number of esters is 1. The molecule has 3 amide bonds. The normalized spacial score (nSPS) is 12.9. The highest BCUT2D eigenvalue weighted by molar-refractivity contribution is 6.21. The molecule has 1 aliphatic rings. The second-order valence-corrected chi connectivity index (χ2v) is 6.87. The molecule has 0 spiro atoms. The first-order valence-corrected chi connectivity index (χ1v) is 9.23. The van der Waals surface area contributed by atoms with Crippen LogP contribution >= 0.6 is 0 Å².